The van der Waals surface area contributed by atoms with Gasteiger partial charge in [-0.3, -0.25) is 0 Å². The molecule has 3 nitrogen and oxygen atoms in total. The highest BCUT2D eigenvalue weighted by Gasteiger charge is 2.41. The summed E-state index contributed by atoms with van der Waals surface area (Å²) in [7, 11) is 1.81. The van der Waals surface area contributed by atoms with E-state index in [4.69, 9.17) is 4.74 Å². The fourth-order valence-electron chi connectivity index (χ4n) is 5.13. The number of aromatic carboxylic acids is 1. The van der Waals surface area contributed by atoms with Gasteiger partial charge in [0.1, 0.15) is 5.75 Å². The van der Waals surface area contributed by atoms with E-state index in [-0.39, 0.29) is 10.8 Å². The van der Waals surface area contributed by atoms with Crippen LogP contribution in [0.1, 0.15) is 91.6 Å². The third-order valence-electron chi connectivity index (χ3n) is 7.25. The van der Waals surface area contributed by atoms with E-state index in [1.807, 2.05) is 19.2 Å². The number of carboxylic acid groups (broad SMARTS) is 1. The summed E-state index contributed by atoms with van der Waals surface area (Å²) < 4.78 is 6.18. The van der Waals surface area contributed by atoms with Gasteiger partial charge in [0.15, 0.2) is 0 Å². The Morgan fingerprint density at radius 2 is 1.68 bits per heavy atom. The lowest BCUT2D eigenvalue weighted by Crippen LogP contribution is -2.34. The lowest BCUT2D eigenvalue weighted by molar-refractivity contribution is 0.0697. The minimum atomic E-state index is -0.894. The summed E-state index contributed by atoms with van der Waals surface area (Å²) in [6, 6.07) is 9.57. The molecule has 0 bridgehead atoms. The summed E-state index contributed by atoms with van der Waals surface area (Å²) in [5, 5.41) is 9.21. The Hall–Kier alpha value is -2.55. The first-order valence-corrected chi connectivity index (χ1v) is 11.3. The van der Waals surface area contributed by atoms with Crippen molar-refractivity contribution in [2.24, 2.45) is 5.92 Å². The van der Waals surface area contributed by atoms with Crippen molar-refractivity contribution in [3.05, 3.63) is 63.7 Å². The van der Waals surface area contributed by atoms with Gasteiger partial charge < -0.3 is 9.84 Å². The normalized spacial score (nSPS) is 19.6. The predicted octanol–water partition coefficient (Wildman–Crippen LogP) is 7.00. The number of benzene rings is 2. The lowest BCUT2D eigenvalue weighted by Gasteiger charge is -2.43. The molecule has 0 saturated heterocycles. The molecule has 4 rings (SSSR count). The first-order chi connectivity index (χ1) is 14.5. The maximum atomic E-state index is 11.2. The summed E-state index contributed by atoms with van der Waals surface area (Å²) in [5.74, 6) is 0.674. The van der Waals surface area contributed by atoms with Crippen LogP contribution >= 0.6 is 0 Å². The molecule has 2 aliphatic rings. The number of hydrogen-bond acceptors (Lipinski definition) is 2. The summed E-state index contributed by atoms with van der Waals surface area (Å²) >= 11 is 0. The quantitative estimate of drug-likeness (QED) is 0.532. The van der Waals surface area contributed by atoms with E-state index in [0.29, 0.717) is 11.5 Å². The average Bonchev–Trinajstić information content (AvgIpc) is 3.54. The van der Waals surface area contributed by atoms with Crippen molar-refractivity contribution in [1.82, 2.24) is 0 Å². The second kappa shape index (κ2) is 7.55. The van der Waals surface area contributed by atoms with Gasteiger partial charge in [-0.15, -0.1) is 0 Å². The van der Waals surface area contributed by atoms with E-state index in [1.54, 1.807) is 12.1 Å². The van der Waals surface area contributed by atoms with Crippen molar-refractivity contribution in [3.8, 4) is 5.75 Å². The van der Waals surface area contributed by atoms with Crippen molar-refractivity contribution in [2.45, 2.75) is 71.1 Å². The van der Waals surface area contributed by atoms with Crippen LogP contribution in [0.4, 0.5) is 0 Å². The van der Waals surface area contributed by atoms with E-state index in [2.05, 4.69) is 46.8 Å². The topological polar surface area (TPSA) is 46.5 Å². The number of carboxylic acids is 1. The second-order valence-electron chi connectivity index (χ2n) is 10.6. The van der Waals surface area contributed by atoms with E-state index in [9.17, 15) is 9.90 Å². The molecule has 164 valence electrons. The minimum absolute atomic E-state index is 0.0659. The van der Waals surface area contributed by atoms with Gasteiger partial charge in [0, 0.05) is 11.1 Å². The zero-order valence-corrected chi connectivity index (χ0v) is 19.6. The summed E-state index contributed by atoms with van der Waals surface area (Å²) in [6.07, 6.45) is 6.93. The first-order valence-electron chi connectivity index (χ1n) is 11.3. The summed E-state index contributed by atoms with van der Waals surface area (Å²) in [4.78, 5) is 11.2. The molecule has 0 aliphatic heterocycles. The van der Waals surface area contributed by atoms with Crippen LogP contribution in [0, 0.1) is 12.8 Å². The van der Waals surface area contributed by atoms with Crippen LogP contribution in [0.15, 0.2) is 30.3 Å². The molecule has 0 amide bonds. The SMILES string of the molecule is COc1c(C(=Cc2ccc(C(=O)O)cc2)C2CC2)c(C)cc2c1C(C)(C)CCC2(C)C. The third kappa shape index (κ3) is 3.91. The van der Waals surface area contributed by atoms with Gasteiger partial charge in [-0.1, -0.05) is 52.0 Å². The Labute approximate surface area is 186 Å². The Kier molecular flexibility index (Phi) is 5.28. The summed E-state index contributed by atoms with van der Waals surface area (Å²) in [5.41, 5.74) is 8.15. The Balaban J connectivity index is 1.92. The molecule has 0 atom stereocenters. The molecule has 0 radical (unpaired) electrons. The lowest BCUT2D eigenvalue weighted by atomic mass is 9.62. The van der Waals surface area contributed by atoms with Crippen LogP contribution in [-0.4, -0.2) is 18.2 Å². The number of fused-ring (bicyclic) bond motifs is 1. The molecule has 1 N–H and O–H groups in total. The molecule has 1 saturated carbocycles. The number of hydrogen-bond donors (Lipinski definition) is 1. The van der Waals surface area contributed by atoms with Crippen LogP contribution in [-0.2, 0) is 10.8 Å². The summed E-state index contributed by atoms with van der Waals surface area (Å²) in [6.45, 7) is 11.6. The highest BCUT2D eigenvalue weighted by atomic mass is 16.5. The first kappa shape index (κ1) is 21.7. The van der Waals surface area contributed by atoms with E-state index >= 15 is 0 Å². The molecule has 0 heterocycles. The Bertz CT molecular complexity index is 1050. The molecule has 3 heteroatoms. The van der Waals surface area contributed by atoms with Crippen molar-refractivity contribution in [1.29, 1.82) is 0 Å². The van der Waals surface area contributed by atoms with Gasteiger partial charge in [0.05, 0.1) is 12.7 Å². The standard InChI is InChI=1S/C28H34O3/c1-17-15-22-24(28(4,5)14-13-27(22,2)3)25(31-6)23(17)21(19-11-12-19)16-18-7-9-20(10-8-18)26(29)30/h7-10,15-16,19H,11-14H2,1-6H3,(H,29,30). The van der Waals surface area contributed by atoms with Crippen LogP contribution in [0.25, 0.3) is 11.6 Å². The second-order valence-corrected chi connectivity index (χ2v) is 10.6. The Morgan fingerprint density at radius 3 is 2.23 bits per heavy atom. The van der Waals surface area contributed by atoms with Crippen molar-refractivity contribution in [3.63, 3.8) is 0 Å². The zero-order valence-electron chi connectivity index (χ0n) is 19.6. The number of allylic oxidation sites excluding steroid dienone is 1. The fourth-order valence-corrected chi connectivity index (χ4v) is 5.13. The number of rotatable bonds is 5. The maximum Gasteiger partial charge on any atom is 0.335 e. The van der Waals surface area contributed by atoms with E-state index in [0.717, 1.165) is 17.7 Å². The van der Waals surface area contributed by atoms with Gasteiger partial charge in [-0.25, -0.2) is 4.79 Å². The molecule has 2 aliphatic carbocycles. The minimum Gasteiger partial charge on any atom is -0.496 e. The molecule has 2 aromatic carbocycles. The highest BCUT2D eigenvalue weighted by Crippen LogP contribution is 2.54. The molecular weight excluding hydrogens is 384 g/mol. The molecule has 0 spiro atoms. The number of aryl methyl sites for hydroxylation is 1. The third-order valence-corrected chi connectivity index (χ3v) is 7.25. The highest BCUT2D eigenvalue weighted by molar-refractivity contribution is 5.91. The van der Waals surface area contributed by atoms with E-state index in [1.165, 1.54) is 47.1 Å². The smallest absolute Gasteiger partial charge is 0.335 e. The zero-order chi connectivity index (χ0) is 22.6. The van der Waals surface area contributed by atoms with Crippen molar-refractivity contribution < 1.29 is 14.6 Å². The van der Waals surface area contributed by atoms with Gasteiger partial charge in [-0.2, -0.15) is 0 Å². The van der Waals surface area contributed by atoms with Crippen LogP contribution in [0.3, 0.4) is 0 Å². The average molecular weight is 419 g/mol. The Morgan fingerprint density at radius 1 is 1.06 bits per heavy atom. The predicted molar refractivity (Wildman–Crippen MR) is 127 cm³/mol. The fraction of sp³-hybridized carbons (Fsp3) is 0.464. The largest absolute Gasteiger partial charge is 0.496 e. The number of methoxy groups -OCH3 is 1. The van der Waals surface area contributed by atoms with Gasteiger partial charge in [0.25, 0.3) is 0 Å². The van der Waals surface area contributed by atoms with Crippen LogP contribution < -0.4 is 4.74 Å². The molecule has 0 unspecified atom stereocenters. The van der Waals surface area contributed by atoms with Crippen LogP contribution in [0.2, 0.25) is 0 Å². The molecule has 31 heavy (non-hydrogen) atoms. The van der Waals surface area contributed by atoms with Crippen molar-refractivity contribution in [2.75, 3.05) is 7.11 Å². The molecule has 2 aromatic rings. The van der Waals surface area contributed by atoms with E-state index < -0.39 is 5.97 Å². The molecular formula is C28H34O3. The van der Waals surface area contributed by atoms with Crippen molar-refractivity contribution >= 4 is 17.6 Å². The number of ether oxygens (including phenoxy) is 1. The molecule has 1 fully saturated rings. The van der Waals surface area contributed by atoms with Gasteiger partial charge in [0.2, 0.25) is 0 Å². The monoisotopic (exact) mass is 418 g/mol. The molecule has 0 aromatic heterocycles. The van der Waals surface area contributed by atoms with Gasteiger partial charge >= 0.3 is 5.97 Å². The number of carbonyl (C=O) groups is 1. The van der Waals surface area contributed by atoms with Gasteiger partial charge in [-0.05, 0) is 83.8 Å². The maximum absolute atomic E-state index is 11.2. The van der Waals surface area contributed by atoms with Crippen LogP contribution in [0.5, 0.6) is 5.75 Å².